The van der Waals surface area contributed by atoms with E-state index in [9.17, 15) is 9.59 Å². The van der Waals surface area contributed by atoms with Gasteiger partial charge in [-0.1, -0.05) is 56.1 Å². The third-order valence-corrected chi connectivity index (χ3v) is 6.79. The number of halogens is 2. The van der Waals surface area contributed by atoms with Crippen LogP contribution >= 0.6 is 31.9 Å². The number of amides is 1. The van der Waals surface area contributed by atoms with Gasteiger partial charge in [-0.15, -0.1) is 0 Å². The molecule has 0 aromatic heterocycles. The summed E-state index contributed by atoms with van der Waals surface area (Å²) in [4.78, 5) is 24.0. The first-order valence-corrected chi connectivity index (χ1v) is 11.9. The van der Waals surface area contributed by atoms with Gasteiger partial charge >= 0.3 is 5.97 Å². The van der Waals surface area contributed by atoms with Crippen molar-refractivity contribution in [2.45, 2.75) is 38.1 Å². The maximum atomic E-state index is 13.0. The monoisotopic (exact) mass is 544 g/mol. The highest BCUT2D eigenvalue weighted by molar-refractivity contribution is 9.10. The average Bonchev–Trinajstić information content (AvgIpc) is 3.15. The normalized spacial score (nSPS) is 21.7. The molecule has 0 radical (unpaired) electrons. The molecule has 2 aromatic rings. The summed E-state index contributed by atoms with van der Waals surface area (Å²) in [5, 5.41) is 15.3. The predicted molar refractivity (Wildman–Crippen MR) is 127 cm³/mol. The molecule has 1 amide bonds. The number of hydrogen-bond donors (Lipinski definition) is 1. The van der Waals surface area contributed by atoms with E-state index in [0.29, 0.717) is 0 Å². The number of carbonyl (C=O) groups excluding carboxylic acids is 1. The van der Waals surface area contributed by atoms with Crippen LogP contribution in [0.25, 0.3) is 6.08 Å². The minimum absolute atomic E-state index is 0.0579. The smallest absolute Gasteiger partial charge is 0.303 e. The fourth-order valence-corrected chi connectivity index (χ4v) is 4.82. The number of nitrogens with zero attached hydrogens (tertiary/aromatic N) is 2. The molecule has 2 aliphatic rings. The van der Waals surface area contributed by atoms with Crippen molar-refractivity contribution in [1.82, 2.24) is 5.01 Å². The van der Waals surface area contributed by atoms with Gasteiger partial charge in [-0.25, -0.2) is 5.01 Å². The molecule has 0 unspecified atom stereocenters. The summed E-state index contributed by atoms with van der Waals surface area (Å²) in [5.41, 5.74) is 4.21. The molecule has 2 aromatic carbocycles. The van der Waals surface area contributed by atoms with Crippen molar-refractivity contribution in [3.8, 4) is 0 Å². The van der Waals surface area contributed by atoms with Crippen LogP contribution in [0.2, 0.25) is 0 Å². The highest BCUT2D eigenvalue weighted by Crippen LogP contribution is 2.44. The van der Waals surface area contributed by atoms with Crippen LogP contribution in [0.5, 0.6) is 0 Å². The third-order valence-electron chi connectivity index (χ3n) is 5.73. The molecule has 2 atom stereocenters. The molecule has 0 spiro atoms. The number of allylic oxidation sites excluding steroid dienone is 1. The van der Waals surface area contributed by atoms with Gasteiger partial charge < -0.3 is 5.11 Å². The SMILES string of the molecule is O=C(O)CCC(=O)N1N=C2/C(=C/c3ccc(Br)cc3)CCC[C@H]2[C@@H]1c1ccc(Br)cc1. The molecule has 7 heteroatoms. The lowest BCUT2D eigenvalue weighted by Gasteiger charge is -2.29. The molecule has 5 nitrogen and oxygen atoms in total. The fourth-order valence-electron chi connectivity index (χ4n) is 4.29. The van der Waals surface area contributed by atoms with Crippen LogP contribution < -0.4 is 0 Å². The van der Waals surface area contributed by atoms with E-state index >= 15 is 0 Å². The second-order valence-corrected chi connectivity index (χ2v) is 9.66. The summed E-state index contributed by atoms with van der Waals surface area (Å²) in [6.07, 6.45) is 4.78. The first-order valence-electron chi connectivity index (χ1n) is 10.3. The van der Waals surface area contributed by atoms with Crippen molar-refractivity contribution in [2.75, 3.05) is 0 Å². The highest BCUT2D eigenvalue weighted by Gasteiger charge is 2.43. The summed E-state index contributed by atoms with van der Waals surface area (Å²) in [6.45, 7) is 0. The van der Waals surface area contributed by atoms with Crippen molar-refractivity contribution >= 4 is 55.5 Å². The topological polar surface area (TPSA) is 70.0 Å². The van der Waals surface area contributed by atoms with Crippen LogP contribution in [0.1, 0.15) is 49.3 Å². The van der Waals surface area contributed by atoms with E-state index < -0.39 is 5.97 Å². The second kappa shape index (κ2) is 9.49. The van der Waals surface area contributed by atoms with E-state index in [0.717, 1.165) is 50.6 Å². The quantitative estimate of drug-likeness (QED) is 0.486. The Hall–Kier alpha value is -2.25. The van der Waals surface area contributed by atoms with Crippen molar-refractivity contribution in [3.63, 3.8) is 0 Å². The van der Waals surface area contributed by atoms with Crippen LogP contribution in [-0.4, -0.2) is 27.7 Å². The van der Waals surface area contributed by atoms with Gasteiger partial charge in [0.25, 0.3) is 0 Å². The van der Waals surface area contributed by atoms with Gasteiger partial charge in [-0.05, 0) is 66.3 Å². The summed E-state index contributed by atoms with van der Waals surface area (Å²) in [6, 6.07) is 15.9. The van der Waals surface area contributed by atoms with Crippen LogP contribution in [0, 0.1) is 5.92 Å². The Balaban J connectivity index is 1.70. The summed E-state index contributed by atoms with van der Waals surface area (Å²) in [7, 11) is 0. The van der Waals surface area contributed by atoms with Crippen molar-refractivity contribution in [3.05, 3.63) is 74.2 Å². The lowest BCUT2D eigenvalue weighted by Crippen LogP contribution is -2.32. The first-order chi connectivity index (χ1) is 14.9. The third kappa shape index (κ3) is 4.99. The summed E-state index contributed by atoms with van der Waals surface area (Å²) >= 11 is 6.94. The molecule has 1 fully saturated rings. The Morgan fingerprint density at radius 2 is 1.68 bits per heavy atom. The number of hydrazone groups is 1. The number of carboxylic acid groups (broad SMARTS) is 1. The molecule has 1 N–H and O–H groups in total. The maximum Gasteiger partial charge on any atom is 0.303 e. The van der Waals surface area contributed by atoms with Crippen LogP contribution in [0.15, 0.2) is 68.2 Å². The lowest BCUT2D eigenvalue weighted by molar-refractivity contribution is -0.141. The highest BCUT2D eigenvalue weighted by atomic mass is 79.9. The number of benzene rings is 2. The molecule has 1 saturated carbocycles. The number of hydrogen-bond acceptors (Lipinski definition) is 3. The van der Waals surface area contributed by atoms with E-state index in [1.54, 1.807) is 0 Å². The Morgan fingerprint density at radius 1 is 1.03 bits per heavy atom. The number of carboxylic acids is 1. The molecule has 31 heavy (non-hydrogen) atoms. The van der Waals surface area contributed by atoms with E-state index in [1.807, 2.05) is 36.4 Å². The van der Waals surface area contributed by atoms with E-state index in [1.165, 1.54) is 5.01 Å². The minimum Gasteiger partial charge on any atom is -0.481 e. The van der Waals surface area contributed by atoms with Gasteiger partial charge in [0.1, 0.15) is 0 Å². The standard InChI is InChI=1S/C24H22Br2N2O3/c25-18-8-4-15(5-9-18)14-17-2-1-3-20-23(17)27-28(21(29)12-13-22(30)31)24(20)16-6-10-19(26)11-7-16/h4-11,14,20,24H,1-3,12-13H2,(H,30,31)/b17-14+/t20-,24+/m1/s1. The van der Waals surface area contributed by atoms with Crippen LogP contribution in [-0.2, 0) is 9.59 Å². The fraction of sp³-hybridized carbons (Fsp3) is 0.292. The van der Waals surface area contributed by atoms with E-state index in [4.69, 9.17) is 10.2 Å². The minimum atomic E-state index is -0.978. The molecular weight excluding hydrogens is 524 g/mol. The zero-order valence-electron chi connectivity index (χ0n) is 16.8. The molecule has 1 aliphatic heterocycles. The van der Waals surface area contributed by atoms with Crippen LogP contribution in [0.4, 0.5) is 0 Å². The number of carbonyl (C=O) groups is 2. The molecule has 1 aliphatic carbocycles. The Kier molecular flexibility index (Phi) is 6.72. The molecule has 1 heterocycles. The number of rotatable bonds is 5. The lowest BCUT2D eigenvalue weighted by atomic mass is 9.77. The van der Waals surface area contributed by atoms with Crippen molar-refractivity contribution < 1.29 is 14.7 Å². The van der Waals surface area contributed by atoms with Gasteiger partial charge in [-0.3, -0.25) is 9.59 Å². The molecule has 0 saturated heterocycles. The molecule has 4 rings (SSSR count). The first kappa shape index (κ1) is 22.0. The van der Waals surface area contributed by atoms with Gasteiger partial charge in [0.15, 0.2) is 0 Å². The Morgan fingerprint density at radius 3 is 2.32 bits per heavy atom. The molecule has 160 valence electrons. The van der Waals surface area contributed by atoms with E-state index in [2.05, 4.69) is 50.1 Å². The molecular formula is C24H22Br2N2O3. The zero-order valence-corrected chi connectivity index (χ0v) is 20.0. The van der Waals surface area contributed by atoms with E-state index in [-0.39, 0.29) is 30.7 Å². The van der Waals surface area contributed by atoms with Crippen molar-refractivity contribution in [2.24, 2.45) is 11.0 Å². The van der Waals surface area contributed by atoms with Gasteiger partial charge in [0.05, 0.1) is 18.2 Å². The Bertz CT molecular complexity index is 1050. The predicted octanol–water partition coefficient (Wildman–Crippen LogP) is 6.20. The van der Waals surface area contributed by atoms with Gasteiger partial charge in [0, 0.05) is 21.3 Å². The summed E-state index contributed by atoms with van der Waals surface area (Å²) in [5.74, 6) is -1.13. The van der Waals surface area contributed by atoms with Gasteiger partial charge in [0.2, 0.25) is 5.91 Å². The zero-order chi connectivity index (χ0) is 22.0. The average molecular weight is 546 g/mol. The van der Waals surface area contributed by atoms with Crippen LogP contribution in [0.3, 0.4) is 0 Å². The summed E-state index contributed by atoms with van der Waals surface area (Å²) < 4.78 is 2.00. The van der Waals surface area contributed by atoms with Crippen molar-refractivity contribution in [1.29, 1.82) is 0 Å². The number of fused-ring (bicyclic) bond motifs is 1. The second-order valence-electron chi connectivity index (χ2n) is 7.83. The Labute approximate surface area is 198 Å². The number of aliphatic carboxylic acids is 1. The molecule has 0 bridgehead atoms. The maximum absolute atomic E-state index is 13.0. The van der Waals surface area contributed by atoms with Gasteiger partial charge in [-0.2, -0.15) is 5.10 Å². The largest absolute Gasteiger partial charge is 0.481 e.